The summed E-state index contributed by atoms with van der Waals surface area (Å²) in [7, 11) is 0. The molecular weight excluding hydrogens is 102 g/mol. The van der Waals surface area contributed by atoms with Gasteiger partial charge in [0.05, 0.1) is 6.54 Å². The summed E-state index contributed by atoms with van der Waals surface area (Å²) >= 11 is 0. The molecule has 0 N–H and O–H groups in total. The topological polar surface area (TPSA) is 20.3 Å². The average Bonchev–Trinajstić information content (AvgIpc) is 2.14. The zero-order chi connectivity index (χ0) is 5.98. The number of rotatable bonds is 1. The van der Waals surface area contributed by atoms with Crippen LogP contribution in [0.4, 0.5) is 0 Å². The van der Waals surface area contributed by atoms with E-state index in [0.717, 1.165) is 0 Å². The summed E-state index contributed by atoms with van der Waals surface area (Å²) < 4.78 is 0. The molecule has 0 aromatic rings. The molecule has 1 heterocycles. The third kappa shape index (κ3) is 0.780. The van der Waals surface area contributed by atoms with Crippen molar-refractivity contribution in [3.63, 3.8) is 0 Å². The predicted molar refractivity (Wildman–Crippen MR) is 31.0 cm³/mol. The van der Waals surface area contributed by atoms with Crippen LogP contribution in [0.5, 0.6) is 0 Å². The Labute approximate surface area is 48.1 Å². The molecule has 0 amide bonds. The maximum absolute atomic E-state index is 10.4. The van der Waals surface area contributed by atoms with Gasteiger partial charge in [0.25, 0.3) is 0 Å². The number of hydrogen-bond acceptors (Lipinski definition) is 2. The highest BCUT2D eigenvalue weighted by Crippen LogP contribution is 1.98. The fourth-order valence-corrected chi connectivity index (χ4v) is 0.590. The van der Waals surface area contributed by atoms with Gasteiger partial charge in [0.1, 0.15) is 0 Å². The molecule has 2 heteroatoms. The van der Waals surface area contributed by atoms with Gasteiger partial charge in [0.15, 0.2) is 5.78 Å². The molecule has 0 atom stereocenters. The number of ketones is 1. The third-order valence-electron chi connectivity index (χ3n) is 1.02. The molecule has 1 aliphatic heterocycles. The molecule has 8 heavy (non-hydrogen) atoms. The van der Waals surface area contributed by atoms with Crippen molar-refractivity contribution >= 4 is 5.78 Å². The van der Waals surface area contributed by atoms with Crippen molar-refractivity contribution in [3.8, 4) is 0 Å². The van der Waals surface area contributed by atoms with Gasteiger partial charge in [-0.1, -0.05) is 6.58 Å². The first-order valence-corrected chi connectivity index (χ1v) is 2.42. The summed E-state index contributed by atoms with van der Waals surface area (Å²) in [4.78, 5) is 12.2. The second-order valence-electron chi connectivity index (χ2n) is 1.64. The minimum Gasteiger partial charge on any atom is -0.347 e. The van der Waals surface area contributed by atoms with Gasteiger partial charge in [-0.2, -0.15) is 0 Å². The number of carbonyl (C=O) groups excluding carboxylic acids is 1. The van der Waals surface area contributed by atoms with Crippen molar-refractivity contribution in [3.05, 3.63) is 25.1 Å². The van der Waals surface area contributed by atoms with Crippen LogP contribution in [0.1, 0.15) is 0 Å². The number of hydrogen-bond donors (Lipinski definition) is 0. The Morgan fingerprint density at radius 2 is 2.62 bits per heavy atom. The Balaban J connectivity index is 2.58. The van der Waals surface area contributed by atoms with E-state index in [1.807, 2.05) is 0 Å². The van der Waals surface area contributed by atoms with Gasteiger partial charge in [-0.05, 0) is 12.3 Å². The molecular formula is C6H7NO. The Morgan fingerprint density at radius 1 is 1.88 bits per heavy atom. The molecule has 2 nitrogen and oxygen atoms in total. The van der Waals surface area contributed by atoms with Crippen LogP contribution in [-0.2, 0) is 4.79 Å². The van der Waals surface area contributed by atoms with Crippen LogP contribution in [0.3, 0.4) is 0 Å². The SMILES string of the molecule is C=CN1C=CC(=O)C1. The third-order valence-corrected chi connectivity index (χ3v) is 1.02. The fourth-order valence-electron chi connectivity index (χ4n) is 0.590. The Hall–Kier alpha value is -1.05. The van der Waals surface area contributed by atoms with Crippen molar-refractivity contribution in [2.45, 2.75) is 0 Å². The summed E-state index contributed by atoms with van der Waals surface area (Å²) in [5.41, 5.74) is 0. The summed E-state index contributed by atoms with van der Waals surface area (Å²) in [6.07, 6.45) is 4.89. The van der Waals surface area contributed by atoms with Crippen LogP contribution in [0.25, 0.3) is 0 Å². The van der Waals surface area contributed by atoms with Gasteiger partial charge in [-0.3, -0.25) is 4.79 Å². The van der Waals surface area contributed by atoms with Gasteiger partial charge >= 0.3 is 0 Å². The van der Waals surface area contributed by atoms with E-state index in [4.69, 9.17) is 0 Å². The summed E-state index contributed by atoms with van der Waals surface area (Å²) in [5.74, 6) is 0.143. The lowest BCUT2D eigenvalue weighted by Crippen LogP contribution is -2.09. The smallest absolute Gasteiger partial charge is 0.176 e. The van der Waals surface area contributed by atoms with E-state index < -0.39 is 0 Å². The van der Waals surface area contributed by atoms with Gasteiger partial charge in [0.2, 0.25) is 0 Å². The first-order valence-electron chi connectivity index (χ1n) is 2.42. The van der Waals surface area contributed by atoms with E-state index in [-0.39, 0.29) is 5.78 Å². The minimum atomic E-state index is 0.143. The molecule has 1 rings (SSSR count). The highest BCUT2D eigenvalue weighted by Gasteiger charge is 2.06. The van der Waals surface area contributed by atoms with Crippen molar-refractivity contribution in [2.24, 2.45) is 0 Å². The highest BCUT2D eigenvalue weighted by molar-refractivity contribution is 5.93. The standard InChI is InChI=1S/C6H7NO/c1-2-7-4-3-6(8)5-7/h2-4H,1,5H2. The molecule has 0 saturated heterocycles. The van der Waals surface area contributed by atoms with Gasteiger partial charge in [-0.25, -0.2) is 0 Å². The molecule has 42 valence electrons. The van der Waals surface area contributed by atoms with Crippen molar-refractivity contribution in [2.75, 3.05) is 6.54 Å². The van der Waals surface area contributed by atoms with E-state index in [1.54, 1.807) is 23.4 Å². The average molecular weight is 109 g/mol. The quantitative estimate of drug-likeness (QED) is 0.489. The molecule has 0 saturated carbocycles. The Bertz CT molecular complexity index is 149. The van der Waals surface area contributed by atoms with Gasteiger partial charge in [-0.15, -0.1) is 0 Å². The number of nitrogens with zero attached hydrogens (tertiary/aromatic N) is 1. The fraction of sp³-hybridized carbons (Fsp3) is 0.167. The predicted octanol–water partition coefficient (Wildman–Crippen LogP) is 0.528. The van der Waals surface area contributed by atoms with Crippen LogP contribution in [0.2, 0.25) is 0 Å². The monoisotopic (exact) mass is 109 g/mol. The maximum atomic E-state index is 10.4. The van der Waals surface area contributed by atoms with Gasteiger partial charge in [0, 0.05) is 6.20 Å². The molecule has 1 aliphatic rings. The van der Waals surface area contributed by atoms with Crippen molar-refractivity contribution in [1.29, 1.82) is 0 Å². The van der Waals surface area contributed by atoms with Crippen LogP contribution in [-0.4, -0.2) is 17.2 Å². The summed E-state index contributed by atoms with van der Waals surface area (Å²) in [5, 5.41) is 0. The number of carbonyl (C=O) groups is 1. The van der Waals surface area contributed by atoms with Crippen LogP contribution < -0.4 is 0 Å². The van der Waals surface area contributed by atoms with Crippen molar-refractivity contribution < 1.29 is 4.79 Å². The Kier molecular flexibility index (Phi) is 1.16. The molecule has 0 fully saturated rings. The summed E-state index contributed by atoms with van der Waals surface area (Å²) in [6.45, 7) is 3.96. The van der Waals surface area contributed by atoms with Crippen molar-refractivity contribution in [1.82, 2.24) is 4.90 Å². The largest absolute Gasteiger partial charge is 0.347 e. The van der Waals surface area contributed by atoms with E-state index >= 15 is 0 Å². The second-order valence-corrected chi connectivity index (χ2v) is 1.64. The zero-order valence-corrected chi connectivity index (χ0v) is 4.50. The second kappa shape index (κ2) is 1.82. The first kappa shape index (κ1) is 5.09. The van der Waals surface area contributed by atoms with E-state index in [1.165, 1.54) is 0 Å². The molecule has 0 spiro atoms. The molecule has 0 bridgehead atoms. The van der Waals surface area contributed by atoms with Gasteiger partial charge < -0.3 is 4.90 Å². The normalized spacial score (nSPS) is 17.5. The minimum absolute atomic E-state index is 0.143. The summed E-state index contributed by atoms with van der Waals surface area (Å²) in [6, 6.07) is 0. The molecule has 0 aromatic carbocycles. The van der Waals surface area contributed by atoms with Crippen LogP contribution >= 0.6 is 0 Å². The lowest BCUT2D eigenvalue weighted by molar-refractivity contribution is -0.113. The molecule has 0 unspecified atom stereocenters. The Morgan fingerprint density at radius 3 is 2.88 bits per heavy atom. The zero-order valence-electron chi connectivity index (χ0n) is 4.50. The van der Waals surface area contributed by atoms with Crippen LogP contribution in [0, 0.1) is 0 Å². The molecule has 0 aliphatic carbocycles. The van der Waals surface area contributed by atoms with E-state index in [0.29, 0.717) is 6.54 Å². The lowest BCUT2D eigenvalue weighted by Gasteiger charge is -2.03. The van der Waals surface area contributed by atoms with E-state index in [9.17, 15) is 4.79 Å². The maximum Gasteiger partial charge on any atom is 0.176 e. The van der Waals surface area contributed by atoms with Crippen LogP contribution in [0.15, 0.2) is 25.1 Å². The highest BCUT2D eigenvalue weighted by atomic mass is 16.1. The molecule has 0 radical (unpaired) electrons. The van der Waals surface area contributed by atoms with E-state index in [2.05, 4.69) is 6.58 Å². The molecule has 0 aromatic heterocycles. The first-order chi connectivity index (χ1) is 3.83. The lowest BCUT2D eigenvalue weighted by atomic mass is 10.4.